The molecular formula is C76H143NO5. The number of allylic oxidation sites excluding steroid dienone is 7. The van der Waals surface area contributed by atoms with E-state index < -0.39 is 12.1 Å². The predicted octanol–water partition coefficient (Wildman–Crippen LogP) is 24.0. The number of rotatable bonds is 69. The molecule has 2 atom stereocenters. The Bertz CT molecular complexity index is 1370. The van der Waals surface area contributed by atoms with E-state index in [9.17, 15) is 19.8 Å². The van der Waals surface area contributed by atoms with Crippen LogP contribution in [0.25, 0.3) is 0 Å². The third-order valence-electron chi connectivity index (χ3n) is 17.1. The van der Waals surface area contributed by atoms with Crippen molar-refractivity contribution in [3.63, 3.8) is 0 Å². The van der Waals surface area contributed by atoms with Gasteiger partial charge in [0.1, 0.15) is 0 Å². The molecule has 0 bridgehead atoms. The number of hydrogen-bond donors (Lipinski definition) is 3. The van der Waals surface area contributed by atoms with E-state index in [-0.39, 0.29) is 18.5 Å². The zero-order valence-electron chi connectivity index (χ0n) is 55.2. The van der Waals surface area contributed by atoms with Crippen molar-refractivity contribution < 1.29 is 24.5 Å². The highest BCUT2D eigenvalue weighted by Gasteiger charge is 2.18. The zero-order valence-corrected chi connectivity index (χ0v) is 55.2. The van der Waals surface area contributed by atoms with Crippen LogP contribution < -0.4 is 5.32 Å². The van der Waals surface area contributed by atoms with E-state index in [2.05, 4.69) is 55.6 Å². The number of esters is 1. The van der Waals surface area contributed by atoms with Crippen LogP contribution in [-0.4, -0.2) is 47.4 Å². The summed E-state index contributed by atoms with van der Waals surface area (Å²) < 4.78 is 5.51. The molecule has 0 spiro atoms. The summed E-state index contributed by atoms with van der Waals surface area (Å²) in [4.78, 5) is 24.6. The Hall–Kier alpha value is -2.18. The second-order valence-corrected chi connectivity index (χ2v) is 25.3. The Morgan fingerprint density at radius 2 is 0.610 bits per heavy atom. The molecule has 6 nitrogen and oxygen atoms in total. The van der Waals surface area contributed by atoms with E-state index in [0.717, 1.165) is 51.4 Å². The summed E-state index contributed by atoms with van der Waals surface area (Å²) in [5.74, 6) is -0.0561. The zero-order chi connectivity index (χ0) is 59.2. The molecule has 0 fully saturated rings. The molecule has 0 aliphatic carbocycles. The molecule has 0 aliphatic rings. The maximum absolute atomic E-state index is 12.5. The molecule has 0 aliphatic heterocycles. The fourth-order valence-electron chi connectivity index (χ4n) is 11.4. The van der Waals surface area contributed by atoms with Crippen LogP contribution in [0.15, 0.2) is 48.6 Å². The van der Waals surface area contributed by atoms with Crippen molar-refractivity contribution in [2.45, 2.75) is 411 Å². The number of carbonyl (C=O) groups excluding carboxylic acids is 2. The number of unbranched alkanes of at least 4 members (excludes halogenated alkanes) is 52. The first-order chi connectivity index (χ1) is 40.5. The molecule has 6 heteroatoms. The summed E-state index contributed by atoms with van der Waals surface area (Å²) in [6.45, 7) is 4.91. The Kier molecular flexibility index (Phi) is 69.4. The van der Waals surface area contributed by atoms with Crippen molar-refractivity contribution in [1.82, 2.24) is 5.32 Å². The third kappa shape index (κ3) is 67.0. The molecule has 0 saturated heterocycles. The van der Waals surface area contributed by atoms with Gasteiger partial charge in [-0.15, -0.1) is 0 Å². The van der Waals surface area contributed by atoms with Crippen molar-refractivity contribution >= 4 is 11.9 Å². The van der Waals surface area contributed by atoms with Crippen LogP contribution in [-0.2, 0) is 14.3 Å². The summed E-state index contributed by atoms with van der Waals surface area (Å²) in [6.07, 6.45) is 93.4. The van der Waals surface area contributed by atoms with Gasteiger partial charge >= 0.3 is 5.97 Å². The van der Waals surface area contributed by atoms with Crippen LogP contribution in [0.3, 0.4) is 0 Å². The normalized spacial score (nSPS) is 12.8. The summed E-state index contributed by atoms with van der Waals surface area (Å²) in [7, 11) is 0. The molecule has 2 unspecified atom stereocenters. The minimum absolute atomic E-state index is 0.0105. The molecular weight excluding hydrogens is 1010 g/mol. The first-order valence-corrected chi connectivity index (χ1v) is 36.9. The van der Waals surface area contributed by atoms with E-state index in [4.69, 9.17) is 4.74 Å². The fraction of sp³-hybridized carbons (Fsp3) is 0.868. The molecule has 0 saturated carbocycles. The number of hydrogen-bond acceptors (Lipinski definition) is 5. The lowest BCUT2D eigenvalue weighted by Gasteiger charge is -2.20. The molecule has 0 aromatic heterocycles. The topological polar surface area (TPSA) is 95.9 Å². The number of aliphatic hydroxyl groups excluding tert-OH is 2. The Morgan fingerprint density at radius 1 is 0.341 bits per heavy atom. The van der Waals surface area contributed by atoms with E-state index in [0.29, 0.717) is 19.4 Å². The lowest BCUT2D eigenvalue weighted by Crippen LogP contribution is -2.45. The second kappa shape index (κ2) is 71.3. The Labute approximate surface area is 512 Å². The standard InChI is InChI=1S/C76H143NO5/c1-3-5-7-9-11-13-15-17-19-21-23-33-36-40-44-48-52-56-60-64-68-74(79)73(72-78)77-75(80)69-65-61-57-53-49-45-41-37-34-30-28-26-24-25-27-29-31-35-39-43-47-51-55-59-63-67-71-82-76(81)70-66-62-58-54-50-46-42-38-32-22-20-18-16-14-12-10-8-6-4-2/h12,14,18,20,24,26,64,68,73-74,78-79H,3-11,13,15-17,19,21-23,25,27-63,65-67,69-72H2,1-2H3,(H,77,80)/b14-12-,20-18-,26-24-,68-64+. The van der Waals surface area contributed by atoms with E-state index in [1.165, 1.54) is 321 Å². The average molecular weight is 1150 g/mol. The molecule has 482 valence electrons. The van der Waals surface area contributed by atoms with Crippen LogP contribution in [0.4, 0.5) is 0 Å². The molecule has 1 amide bonds. The molecule has 82 heavy (non-hydrogen) atoms. The van der Waals surface area contributed by atoms with Crippen molar-refractivity contribution in [3.05, 3.63) is 48.6 Å². The number of carbonyl (C=O) groups is 2. The minimum Gasteiger partial charge on any atom is -0.466 e. The first-order valence-electron chi connectivity index (χ1n) is 36.9. The summed E-state index contributed by atoms with van der Waals surface area (Å²) in [5, 5.41) is 23.2. The van der Waals surface area contributed by atoms with Gasteiger partial charge in [-0.3, -0.25) is 9.59 Å². The van der Waals surface area contributed by atoms with Crippen LogP contribution >= 0.6 is 0 Å². The summed E-state index contributed by atoms with van der Waals surface area (Å²) in [6, 6.07) is -0.631. The van der Waals surface area contributed by atoms with Crippen molar-refractivity contribution in [2.75, 3.05) is 13.2 Å². The van der Waals surface area contributed by atoms with Gasteiger partial charge in [-0.1, -0.05) is 345 Å². The van der Waals surface area contributed by atoms with Gasteiger partial charge in [0.05, 0.1) is 25.4 Å². The van der Waals surface area contributed by atoms with Crippen LogP contribution in [0.2, 0.25) is 0 Å². The van der Waals surface area contributed by atoms with Gasteiger partial charge in [0.2, 0.25) is 5.91 Å². The Morgan fingerprint density at radius 3 is 0.963 bits per heavy atom. The van der Waals surface area contributed by atoms with Gasteiger partial charge in [0.25, 0.3) is 0 Å². The smallest absolute Gasteiger partial charge is 0.305 e. The first kappa shape index (κ1) is 79.8. The SMILES string of the molecule is CCCCC/C=C\C/C=C\CCCCCCCCCCCC(=O)OCCCCCCCCCCCCCC/C=C\CCCCCCCCCCCCC(=O)NC(CO)C(O)/C=C/CCCCCCCCCCCCCCCCCCCC. The van der Waals surface area contributed by atoms with E-state index in [1.54, 1.807) is 6.08 Å². The van der Waals surface area contributed by atoms with Crippen LogP contribution in [0, 0.1) is 0 Å². The predicted molar refractivity (Wildman–Crippen MR) is 361 cm³/mol. The lowest BCUT2D eigenvalue weighted by atomic mass is 10.0. The molecule has 0 rings (SSSR count). The molecule has 0 heterocycles. The number of ether oxygens (including phenoxy) is 1. The summed E-state index contributed by atoms with van der Waals surface area (Å²) in [5.41, 5.74) is 0. The van der Waals surface area contributed by atoms with Gasteiger partial charge < -0.3 is 20.3 Å². The van der Waals surface area contributed by atoms with Gasteiger partial charge in [0.15, 0.2) is 0 Å². The highest BCUT2D eigenvalue weighted by atomic mass is 16.5. The number of nitrogens with one attached hydrogen (secondary N) is 1. The lowest BCUT2D eigenvalue weighted by molar-refractivity contribution is -0.143. The maximum atomic E-state index is 12.5. The number of aliphatic hydroxyl groups is 2. The summed E-state index contributed by atoms with van der Waals surface area (Å²) >= 11 is 0. The molecule has 3 N–H and O–H groups in total. The highest BCUT2D eigenvalue weighted by molar-refractivity contribution is 5.76. The maximum Gasteiger partial charge on any atom is 0.305 e. The van der Waals surface area contributed by atoms with Crippen molar-refractivity contribution in [3.8, 4) is 0 Å². The second-order valence-electron chi connectivity index (χ2n) is 25.3. The minimum atomic E-state index is -0.847. The highest BCUT2D eigenvalue weighted by Crippen LogP contribution is 2.18. The van der Waals surface area contributed by atoms with E-state index in [1.807, 2.05) is 6.08 Å². The van der Waals surface area contributed by atoms with Gasteiger partial charge in [-0.05, 0) is 89.9 Å². The van der Waals surface area contributed by atoms with E-state index >= 15 is 0 Å². The molecule has 0 aromatic rings. The van der Waals surface area contributed by atoms with Gasteiger partial charge in [0, 0.05) is 12.8 Å². The van der Waals surface area contributed by atoms with Crippen molar-refractivity contribution in [1.29, 1.82) is 0 Å². The average Bonchev–Trinajstić information content (AvgIpc) is 3.48. The Balaban J connectivity index is 3.41. The van der Waals surface area contributed by atoms with Crippen LogP contribution in [0.1, 0.15) is 399 Å². The van der Waals surface area contributed by atoms with Gasteiger partial charge in [-0.2, -0.15) is 0 Å². The molecule has 0 aromatic carbocycles. The third-order valence-corrected chi connectivity index (χ3v) is 17.1. The quantitative estimate of drug-likeness (QED) is 0.0320. The van der Waals surface area contributed by atoms with Gasteiger partial charge in [-0.25, -0.2) is 0 Å². The fourth-order valence-corrected chi connectivity index (χ4v) is 11.4. The molecule has 0 radical (unpaired) electrons. The monoisotopic (exact) mass is 1150 g/mol. The van der Waals surface area contributed by atoms with Crippen molar-refractivity contribution in [2.24, 2.45) is 0 Å². The number of amides is 1. The van der Waals surface area contributed by atoms with Crippen LogP contribution in [0.5, 0.6) is 0 Å². The largest absolute Gasteiger partial charge is 0.466 e.